The van der Waals surface area contributed by atoms with Crippen LogP contribution in [0.25, 0.3) is 0 Å². The van der Waals surface area contributed by atoms with E-state index in [2.05, 4.69) is 24.3 Å². The molecule has 2 saturated heterocycles. The Morgan fingerprint density at radius 3 is 2.17 bits per heavy atom. The summed E-state index contributed by atoms with van der Waals surface area (Å²) in [6.45, 7) is 4.12. The summed E-state index contributed by atoms with van der Waals surface area (Å²) in [5.74, 6) is -0.0800. The molecule has 150 valence electrons. The van der Waals surface area contributed by atoms with Gasteiger partial charge in [0.15, 0.2) is 6.04 Å². The number of amides is 2. The van der Waals surface area contributed by atoms with E-state index in [0.717, 1.165) is 26.2 Å². The minimum atomic E-state index is -0.212. The Morgan fingerprint density at radius 2 is 1.41 bits per heavy atom. The molecule has 2 amide bonds. The average molecular weight is 392 g/mol. The number of imide groups is 1. The summed E-state index contributed by atoms with van der Waals surface area (Å²) in [6.07, 6.45) is 3.95. The second-order valence-electron chi connectivity index (χ2n) is 8.68. The number of piperazine rings is 1. The normalized spacial score (nSPS) is 29.7. The molecule has 2 N–H and O–H groups in total. The number of quaternary nitrogens is 2. The second-order valence-corrected chi connectivity index (χ2v) is 8.68. The molecule has 1 aliphatic carbocycles. The van der Waals surface area contributed by atoms with E-state index in [-0.39, 0.29) is 17.9 Å². The lowest BCUT2D eigenvalue weighted by molar-refractivity contribution is -1.03. The van der Waals surface area contributed by atoms with Gasteiger partial charge in [-0.15, -0.1) is 0 Å². The van der Waals surface area contributed by atoms with Gasteiger partial charge in [-0.1, -0.05) is 42.5 Å². The monoisotopic (exact) mass is 391 g/mol. The van der Waals surface area contributed by atoms with E-state index in [9.17, 15) is 9.59 Å². The second kappa shape index (κ2) is 7.73. The number of carbonyl (C=O) groups excluding carboxylic acids is 2. The summed E-state index contributed by atoms with van der Waals surface area (Å²) in [5.41, 5.74) is 3.74. The van der Waals surface area contributed by atoms with Crippen LogP contribution in [0.15, 0.2) is 54.6 Å². The highest BCUT2D eigenvalue weighted by Gasteiger charge is 2.47. The quantitative estimate of drug-likeness (QED) is 0.704. The Bertz CT molecular complexity index is 905. The maximum absolute atomic E-state index is 13.0. The number of rotatable bonds is 3. The first-order valence-electron chi connectivity index (χ1n) is 10.9. The number of nitrogens with one attached hydrogen (secondary N) is 2. The number of hydrogen-bond donors (Lipinski definition) is 2. The Labute approximate surface area is 171 Å². The van der Waals surface area contributed by atoms with Crippen LogP contribution >= 0.6 is 0 Å². The molecule has 5 nitrogen and oxygen atoms in total. The van der Waals surface area contributed by atoms with Gasteiger partial charge in [-0.25, -0.2) is 4.90 Å². The lowest BCUT2D eigenvalue weighted by Gasteiger charge is -2.37. The van der Waals surface area contributed by atoms with Crippen molar-refractivity contribution in [1.82, 2.24) is 0 Å². The first-order valence-corrected chi connectivity index (χ1v) is 10.9. The molecule has 2 aliphatic heterocycles. The van der Waals surface area contributed by atoms with Crippen LogP contribution in [0.4, 0.5) is 5.69 Å². The van der Waals surface area contributed by atoms with Crippen LogP contribution in [0.3, 0.4) is 0 Å². The molecular weight excluding hydrogens is 362 g/mol. The van der Waals surface area contributed by atoms with E-state index in [1.165, 1.54) is 40.2 Å². The standard InChI is InChI=1S/C24H27N3O2/c28-23-17-22(24(29)27(23)20-8-2-1-3-9-20)26-14-12-25(13-15-26)21-11-10-18-6-4-5-7-19(18)16-21/h1-9,21-22H,10-17H2/p+2/t21-,22+/m0/s1. The summed E-state index contributed by atoms with van der Waals surface area (Å²) in [5, 5.41) is 0. The Morgan fingerprint density at radius 1 is 0.759 bits per heavy atom. The zero-order valence-electron chi connectivity index (χ0n) is 16.8. The molecule has 0 spiro atoms. The number of anilines is 1. The molecule has 0 radical (unpaired) electrons. The predicted octanol–water partition coefficient (Wildman–Crippen LogP) is -0.341. The van der Waals surface area contributed by atoms with Gasteiger partial charge in [0.25, 0.3) is 5.91 Å². The molecule has 2 fully saturated rings. The fourth-order valence-electron chi connectivity index (χ4n) is 5.49. The molecule has 0 bridgehead atoms. The van der Waals surface area contributed by atoms with E-state index in [0.29, 0.717) is 18.2 Å². The number of hydrogen-bond acceptors (Lipinski definition) is 2. The number of aryl methyl sites for hydroxylation is 1. The third-order valence-electron chi connectivity index (χ3n) is 7.11. The van der Waals surface area contributed by atoms with E-state index in [1.54, 1.807) is 4.90 Å². The van der Waals surface area contributed by atoms with Crippen molar-refractivity contribution in [2.75, 3.05) is 31.1 Å². The number of nitrogens with zero attached hydrogens (tertiary/aromatic N) is 1. The number of benzene rings is 2. The van der Waals surface area contributed by atoms with E-state index in [4.69, 9.17) is 0 Å². The van der Waals surface area contributed by atoms with Crippen LogP contribution in [0.1, 0.15) is 24.0 Å². The lowest BCUT2D eigenvalue weighted by atomic mass is 9.87. The summed E-state index contributed by atoms with van der Waals surface area (Å²) in [6, 6.07) is 18.7. The fourth-order valence-corrected chi connectivity index (χ4v) is 5.49. The third kappa shape index (κ3) is 3.49. The Kier molecular flexibility index (Phi) is 4.94. The molecule has 0 aromatic heterocycles. The molecule has 2 heterocycles. The van der Waals surface area contributed by atoms with Crippen LogP contribution in [0, 0.1) is 0 Å². The maximum Gasteiger partial charge on any atom is 0.292 e. The van der Waals surface area contributed by atoms with Crippen molar-refractivity contribution in [2.24, 2.45) is 0 Å². The topological polar surface area (TPSA) is 46.3 Å². The van der Waals surface area contributed by atoms with Gasteiger partial charge >= 0.3 is 0 Å². The first kappa shape index (κ1) is 18.5. The summed E-state index contributed by atoms with van der Waals surface area (Å²) in [4.78, 5) is 29.9. The summed E-state index contributed by atoms with van der Waals surface area (Å²) in [7, 11) is 0. The van der Waals surface area contributed by atoms with Gasteiger partial charge < -0.3 is 9.80 Å². The van der Waals surface area contributed by atoms with Gasteiger partial charge in [0.1, 0.15) is 26.2 Å². The minimum absolute atomic E-state index is 0.0220. The molecule has 2 aromatic carbocycles. The SMILES string of the molecule is O=C1C[C@@H]([NH+]2CC[NH+]([C@H]3CCc4ccccc4C3)CC2)C(=O)N1c1ccccc1. The lowest BCUT2D eigenvalue weighted by Crippen LogP contribution is -3.31. The van der Waals surface area contributed by atoms with Crippen LogP contribution in [0.5, 0.6) is 0 Å². The Hall–Kier alpha value is -2.50. The minimum Gasteiger partial charge on any atom is -0.323 e. The molecule has 0 saturated carbocycles. The highest BCUT2D eigenvalue weighted by atomic mass is 16.2. The zero-order chi connectivity index (χ0) is 19.8. The fraction of sp³-hybridized carbons (Fsp3) is 0.417. The smallest absolute Gasteiger partial charge is 0.292 e. The van der Waals surface area contributed by atoms with Crippen molar-refractivity contribution in [3.05, 3.63) is 65.7 Å². The van der Waals surface area contributed by atoms with Crippen LogP contribution in [0.2, 0.25) is 0 Å². The van der Waals surface area contributed by atoms with Gasteiger partial charge in [-0.05, 0) is 29.7 Å². The van der Waals surface area contributed by atoms with Gasteiger partial charge in [0, 0.05) is 12.8 Å². The molecule has 3 aliphatic rings. The average Bonchev–Trinajstić information content (AvgIpc) is 3.08. The number of para-hydroxylation sites is 1. The third-order valence-corrected chi connectivity index (χ3v) is 7.11. The first-order chi connectivity index (χ1) is 14.2. The van der Waals surface area contributed by atoms with Crippen LogP contribution < -0.4 is 14.7 Å². The van der Waals surface area contributed by atoms with E-state index >= 15 is 0 Å². The van der Waals surface area contributed by atoms with Crippen molar-refractivity contribution in [2.45, 2.75) is 37.8 Å². The zero-order valence-corrected chi connectivity index (χ0v) is 16.8. The summed E-state index contributed by atoms with van der Waals surface area (Å²) >= 11 is 0. The molecule has 5 rings (SSSR count). The molecule has 2 atom stereocenters. The number of fused-ring (bicyclic) bond motifs is 1. The van der Waals surface area contributed by atoms with Gasteiger partial charge in [-0.3, -0.25) is 9.59 Å². The Balaban J connectivity index is 1.21. The predicted molar refractivity (Wildman–Crippen MR) is 111 cm³/mol. The highest BCUT2D eigenvalue weighted by Crippen LogP contribution is 2.22. The summed E-state index contributed by atoms with van der Waals surface area (Å²) < 4.78 is 0. The van der Waals surface area contributed by atoms with Crippen molar-refractivity contribution in [3.63, 3.8) is 0 Å². The van der Waals surface area contributed by atoms with E-state index < -0.39 is 0 Å². The highest BCUT2D eigenvalue weighted by molar-refractivity contribution is 6.21. The molecule has 2 aromatic rings. The van der Waals surface area contributed by atoms with Crippen molar-refractivity contribution < 1.29 is 19.4 Å². The van der Waals surface area contributed by atoms with E-state index in [1.807, 2.05) is 30.3 Å². The van der Waals surface area contributed by atoms with Crippen molar-refractivity contribution >= 4 is 17.5 Å². The van der Waals surface area contributed by atoms with Crippen molar-refractivity contribution in [3.8, 4) is 0 Å². The number of carbonyl (C=O) groups is 2. The van der Waals surface area contributed by atoms with Gasteiger partial charge in [0.05, 0.1) is 18.2 Å². The maximum atomic E-state index is 13.0. The van der Waals surface area contributed by atoms with Gasteiger partial charge in [-0.2, -0.15) is 0 Å². The van der Waals surface area contributed by atoms with Crippen molar-refractivity contribution in [1.29, 1.82) is 0 Å². The van der Waals surface area contributed by atoms with Gasteiger partial charge in [0.2, 0.25) is 5.91 Å². The largest absolute Gasteiger partial charge is 0.323 e. The molecule has 0 unspecified atom stereocenters. The molecular formula is C24H29N3O2+2. The molecule has 29 heavy (non-hydrogen) atoms. The van der Waals surface area contributed by atoms with Crippen LogP contribution in [-0.4, -0.2) is 50.1 Å². The molecule has 5 heteroatoms. The van der Waals surface area contributed by atoms with Crippen LogP contribution in [-0.2, 0) is 22.4 Å².